The molecular weight excluding hydrogens is 396 g/mol. The smallest absolute Gasteiger partial charge is 0.258 e. The average molecular weight is 419 g/mol. The van der Waals surface area contributed by atoms with Crippen molar-refractivity contribution in [2.45, 2.75) is 32.4 Å². The summed E-state index contributed by atoms with van der Waals surface area (Å²) in [7, 11) is 0. The molecule has 1 aliphatic heterocycles. The van der Waals surface area contributed by atoms with Crippen molar-refractivity contribution < 1.29 is 9.59 Å². The molecule has 3 aromatic rings. The molecule has 0 radical (unpaired) electrons. The van der Waals surface area contributed by atoms with E-state index in [1.807, 2.05) is 71.3 Å². The van der Waals surface area contributed by atoms with Crippen molar-refractivity contribution in [1.82, 2.24) is 0 Å². The summed E-state index contributed by atoms with van der Waals surface area (Å²) < 4.78 is 0. The molecule has 5 heteroatoms. The van der Waals surface area contributed by atoms with Crippen molar-refractivity contribution >= 4 is 34.8 Å². The van der Waals surface area contributed by atoms with Crippen LogP contribution in [0.4, 0.5) is 11.4 Å². The molecule has 30 heavy (non-hydrogen) atoms. The molecular formula is C25H23ClN2O2. The maximum atomic E-state index is 13.4. The van der Waals surface area contributed by atoms with Crippen LogP contribution in [0.5, 0.6) is 0 Å². The van der Waals surface area contributed by atoms with E-state index in [0.29, 0.717) is 17.0 Å². The Labute approximate surface area is 181 Å². The normalized spacial score (nSPS) is 17.9. The highest BCUT2D eigenvalue weighted by molar-refractivity contribution is 6.30. The molecule has 0 saturated carbocycles. The summed E-state index contributed by atoms with van der Waals surface area (Å²) in [6.07, 6.45) is 0.644. The summed E-state index contributed by atoms with van der Waals surface area (Å²) in [6.45, 7) is 3.62. The molecule has 1 aliphatic rings. The molecule has 0 aromatic heterocycles. The quantitative estimate of drug-likeness (QED) is 0.533. The summed E-state index contributed by atoms with van der Waals surface area (Å²) in [4.78, 5) is 29.7. The molecule has 0 N–H and O–H groups in total. The van der Waals surface area contributed by atoms with Crippen molar-refractivity contribution in [2.75, 3.05) is 9.80 Å². The van der Waals surface area contributed by atoms with Gasteiger partial charge in [-0.05, 0) is 61.4 Å². The van der Waals surface area contributed by atoms with E-state index in [-0.39, 0.29) is 23.9 Å². The molecule has 4 nitrogen and oxygen atoms in total. The van der Waals surface area contributed by atoms with Crippen molar-refractivity contribution in [1.29, 1.82) is 0 Å². The first-order valence-corrected chi connectivity index (χ1v) is 10.4. The number of carbonyl (C=O) groups is 2. The summed E-state index contributed by atoms with van der Waals surface area (Å²) >= 11 is 5.99. The molecule has 2 atom stereocenters. The van der Waals surface area contributed by atoms with Crippen LogP contribution in [0.15, 0.2) is 78.9 Å². The largest absolute Gasteiger partial charge is 0.305 e. The maximum Gasteiger partial charge on any atom is 0.258 e. The molecule has 4 rings (SSSR count). The van der Waals surface area contributed by atoms with E-state index in [4.69, 9.17) is 11.6 Å². The van der Waals surface area contributed by atoms with Gasteiger partial charge in [0.2, 0.25) is 5.91 Å². The number of benzene rings is 3. The number of amides is 2. The molecule has 3 aromatic carbocycles. The van der Waals surface area contributed by atoms with Crippen LogP contribution in [0, 0.1) is 0 Å². The molecule has 0 fully saturated rings. The Morgan fingerprint density at radius 2 is 1.57 bits per heavy atom. The standard InChI is InChI=1S/C25H23ClN2O2/c1-17-16-24(28(18(2)29)21-8-4-3-5-9-21)22-10-6-7-11-23(22)27(17)25(30)19-12-14-20(26)15-13-19/h3-15,17,24H,16H2,1-2H3/t17-,24+/m0/s1. The summed E-state index contributed by atoms with van der Waals surface area (Å²) in [5.41, 5.74) is 3.25. The molecule has 152 valence electrons. The van der Waals surface area contributed by atoms with Gasteiger partial charge in [-0.2, -0.15) is 0 Å². The van der Waals surface area contributed by atoms with Crippen LogP contribution in [0.3, 0.4) is 0 Å². The SMILES string of the molecule is CC(=O)N(c1ccccc1)[C@@H]1C[C@H](C)N(C(=O)c2ccc(Cl)cc2)c2ccccc21. The van der Waals surface area contributed by atoms with Gasteiger partial charge in [0.15, 0.2) is 0 Å². The number of para-hydroxylation sites is 2. The Balaban J connectivity index is 1.77. The number of nitrogens with zero attached hydrogens (tertiary/aromatic N) is 2. The van der Waals surface area contributed by atoms with E-state index >= 15 is 0 Å². The number of halogens is 1. The highest BCUT2D eigenvalue weighted by Gasteiger charge is 2.37. The Morgan fingerprint density at radius 1 is 0.933 bits per heavy atom. The first-order chi connectivity index (χ1) is 14.5. The Hall–Kier alpha value is -3.11. The van der Waals surface area contributed by atoms with Crippen molar-refractivity contribution in [3.63, 3.8) is 0 Å². The van der Waals surface area contributed by atoms with E-state index in [0.717, 1.165) is 16.9 Å². The summed E-state index contributed by atoms with van der Waals surface area (Å²) in [5.74, 6) is -0.0927. The van der Waals surface area contributed by atoms with Crippen LogP contribution >= 0.6 is 11.6 Å². The third kappa shape index (κ3) is 3.71. The van der Waals surface area contributed by atoms with Crippen LogP contribution < -0.4 is 9.80 Å². The van der Waals surface area contributed by atoms with E-state index in [9.17, 15) is 9.59 Å². The van der Waals surface area contributed by atoms with Crippen LogP contribution in [0.1, 0.15) is 42.2 Å². The lowest BCUT2D eigenvalue weighted by Gasteiger charge is -2.43. The third-order valence-corrected chi connectivity index (χ3v) is 5.81. The second kappa shape index (κ2) is 8.33. The van der Waals surface area contributed by atoms with Gasteiger partial charge in [-0.3, -0.25) is 9.59 Å². The Morgan fingerprint density at radius 3 is 2.23 bits per heavy atom. The fraction of sp³-hybridized carbons (Fsp3) is 0.200. The van der Waals surface area contributed by atoms with Gasteiger partial charge < -0.3 is 9.80 Å². The number of hydrogen-bond donors (Lipinski definition) is 0. The average Bonchev–Trinajstić information content (AvgIpc) is 2.74. The van der Waals surface area contributed by atoms with Gasteiger partial charge in [0.25, 0.3) is 5.91 Å². The third-order valence-electron chi connectivity index (χ3n) is 5.56. The minimum Gasteiger partial charge on any atom is -0.305 e. The molecule has 0 bridgehead atoms. The van der Waals surface area contributed by atoms with Crippen molar-refractivity contribution in [2.24, 2.45) is 0 Å². The lowest BCUT2D eigenvalue weighted by atomic mass is 9.89. The lowest BCUT2D eigenvalue weighted by Crippen LogP contribution is -2.47. The van der Waals surface area contributed by atoms with Gasteiger partial charge in [-0.1, -0.05) is 48.0 Å². The first kappa shape index (κ1) is 20.2. The van der Waals surface area contributed by atoms with E-state index in [1.54, 1.807) is 31.2 Å². The zero-order valence-corrected chi connectivity index (χ0v) is 17.7. The van der Waals surface area contributed by atoms with E-state index in [1.165, 1.54) is 0 Å². The molecule has 0 spiro atoms. The summed E-state index contributed by atoms with van der Waals surface area (Å²) in [5, 5.41) is 0.596. The van der Waals surface area contributed by atoms with Crippen LogP contribution in [0.25, 0.3) is 0 Å². The molecule has 0 aliphatic carbocycles. The van der Waals surface area contributed by atoms with Gasteiger partial charge in [0.1, 0.15) is 0 Å². The van der Waals surface area contributed by atoms with Gasteiger partial charge in [0.05, 0.1) is 6.04 Å². The molecule has 0 unspecified atom stereocenters. The summed E-state index contributed by atoms with van der Waals surface area (Å²) in [6, 6.07) is 24.2. The van der Waals surface area contributed by atoms with Crippen LogP contribution in [0.2, 0.25) is 5.02 Å². The zero-order chi connectivity index (χ0) is 21.3. The monoisotopic (exact) mass is 418 g/mol. The Bertz CT molecular complexity index is 1070. The number of carbonyl (C=O) groups excluding carboxylic acids is 2. The van der Waals surface area contributed by atoms with E-state index in [2.05, 4.69) is 0 Å². The highest BCUT2D eigenvalue weighted by Crippen LogP contribution is 2.42. The predicted octanol–water partition coefficient (Wildman–Crippen LogP) is 5.87. The van der Waals surface area contributed by atoms with Gasteiger partial charge in [-0.15, -0.1) is 0 Å². The fourth-order valence-corrected chi connectivity index (χ4v) is 4.36. The van der Waals surface area contributed by atoms with Crippen LogP contribution in [-0.2, 0) is 4.79 Å². The predicted molar refractivity (Wildman–Crippen MR) is 121 cm³/mol. The minimum absolute atomic E-state index is 0.0225. The van der Waals surface area contributed by atoms with Crippen molar-refractivity contribution in [3.8, 4) is 0 Å². The Kier molecular flexibility index (Phi) is 5.60. The molecule has 2 amide bonds. The van der Waals surface area contributed by atoms with Gasteiger partial charge in [-0.25, -0.2) is 0 Å². The zero-order valence-electron chi connectivity index (χ0n) is 17.0. The lowest BCUT2D eigenvalue weighted by molar-refractivity contribution is -0.117. The second-order valence-electron chi connectivity index (χ2n) is 7.57. The minimum atomic E-state index is -0.148. The van der Waals surface area contributed by atoms with Gasteiger partial charge in [0, 0.05) is 34.9 Å². The molecule has 0 saturated heterocycles. The number of hydrogen-bond acceptors (Lipinski definition) is 2. The topological polar surface area (TPSA) is 40.6 Å². The number of fused-ring (bicyclic) bond motifs is 1. The number of anilines is 2. The van der Waals surface area contributed by atoms with Gasteiger partial charge >= 0.3 is 0 Å². The van der Waals surface area contributed by atoms with Crippen LogP contribution in [-0.4, -0.2) is 17.9 Å². The van der Waals surface area contributed by atoms with E-state index < -0.39 is 0 Å². The highest BCUT2D eigenvalue weighted by atomic mass is 35.5. The second-order valence-corrected chi connectivity index (χ2v) is 8.00. The first-order valence-electron chi connectivity index (χ1n) is 10.00. The number of rotatable bonds is 3. The fourth-order valence-electron chi connectivity index (χ4n) is 4.24. The maximum absolute atomic E-state index is 13.4. The van der Waals surface area contributed by atoms with Crippen molar-refractivity contribution in [3.05, 3.63) is 95.0 Å². The molecule has 1 heterocycles.